The summed E-state index contributed by atoms with van der Waals surface area (Å²) in [7, 11) is 0. The highest BCUT2D eigenvalue weighted by atomic mass is 79.9. The Morgan fingerprint density at radius 2 is 2.12 bits per heavy atom. The number of carbonyl (C=O) groups is 1. The number of hydrogen-bond donors (Lipinski definition) is 2. The SMILES string of the molecule is Cc1ccc(N)c(C)c1NC(=O)C(Br)CBr. The van der Waals surface area contributed by atoms with Crippen LogP contribution in [0.1, 0.15) is 11.1 Å². The van der Waals surface area contributed by atoms with E-state index in [1.165, 1.54) is 0 Å². The predicted molar refractivity (Wildman–Crippen MR) is 75.5 cm³/mol. The van der Waals surface area contributed by atoms with Gasteiger partial charge in [-0.15, -0.1) is 0 Å². The smallest absolute Gasteiger partial charge is 0.239 e. The van der Waals surface area contributed by atoms with E-state index in [-0.39, 0.29) is 10.7 Å². The molecule has 0 aliphatic heterocycles. The lowest BCUT2D eigenvalue weighted by molar-refractivity contribution is -0.115. The number of hydrogen-bond acceptors (Lipinski definition) is 2. The average Bonchev–Trinajstić information content (AvgIpc) is 2.28. The van der Waals surface area contributed by atoms with Crippen molar-refractivity contribution in [2.24, 2.45) is 0 Å². The first-order chi connectivity index (χ1) is 7.47. The molecule has 1 aromatic rings. The number of aryl methyl sites for hydroxylation is 1. The third kappa shape index (κ3) is 2.98. The molecule has 0 saturated heterocycles. The van der Waals surface area contributed by atoms with Crippen LogP contribution < -0.4 is 11.1 Å². The molecule has 3 N–H and O–H groups in total. The highest BCUT2D eigenvalue weighted by molar-refractivity contribution is 9.12. The van der Waals surface area contributed by atoms with Gasteiger partial charge < -0.3 is 11.1 Å². The summed E-state index contributed by atoms with van der Waals surface area (Å²) in [6.07, 6.45) is 0. The molecule has 0 aliphatic carbocycles. The lowest BCUT2D eigenvalue weighted by Crippen LogP contribution is -2.24. The maximum absolute atomic E-state index is 11.7. The minimum absolute atomic E-state index is 0.0753. The van der Waals surface area contributed by atoms with Crippen molar-refractivity contribution in [3.63, 3.8) is 0 Å². The molecule has 1 unspecified atom stereocenters. The Kier molecular flexibility index (Phi) is 4.80. The molecule has 0 aromatic heterocycles. The number of halogens is 2. The summed E-state index contributed by atoms with van der Waals surface area (Å²) in [5, 5.41) is 3.44. The Labute approximate surface area is 112 Å². The Bertz CT molecular complexity index is 407. The molecule has 0 bridgehead atoms. The van der Waals surface area contributed by atoms with Gasteiger partial charge >= 0.3 is 0 Å². The summed E-state index contributed by atoms with van der Waals surface area (Å²) in [5.41, 5.74) is 9.20. The monoisotopic (exact) mass is 348 g/mol. The highest BCUT2D eigenvalue weighted by Gasteiger charge is 2.15. The van der Waals surface area contributed by atoms with Crippen molar-refractivity contribution in [3.05, 3.63) is 23.3 Å². The summed E-state index contributed by atoms with van der Waals surface area (Å²) < 4.78 is 0. The van der Waals surface area contributed by atoms with Gasteiger partial charge in [0.1, 0.15) is 4.83 Å². The zero-order chi connectivity index (χ0) is 12.3. The van der Waals surface area contributed by atoms with Crippen molar-refractivity contribution >= 4 is 49.1 Å². The molecular formula is C11H14Br2N2O. The van der Waals surface area contributed by atoms with E-state index in [1.54, 1.807) is 0 Å². The average molecular weight is 350 g/mol. The molecular weight excluding hydrogens is 336 g/mol. The van der Waals surface area contributed by atoms with E-state index in [2.05, 4.69) is 37.2 Å². The molecule has 3 nitrogen and oxygen atoms in total. The second-order valence-corrected chi connectivity index (χ2v) is 5.34. The van der Waals surface area contributed by atoms with Gasteiger partial charge in [-0.1, -0.05) is 37.9 Å². The van der Waals surface area contributed by atoms with Crippen LogP contribution in [-0.4, -0.2) is 16.1 Å². The predicted octanol–water partition coefficient (Wildman–Crippen LogP) is 2.98. The third-order valence-electron chi connectivity index (χ3n) is 2.38. The first-order valence-electron chi connectivity index (χ1n) is 4.84. The van der Waals surface area contributed by atoms with Crippen LogP contribution in [0.3, 0.4) is 0 Å². The van der Waals surface area contributed by atoms with E-state index in [1.807, 2.05) is 26.0 Å². The number of alkyl halides is 2. The second kappa shape index (κ2) is 5.68. The number of nitrogens with one attached hydrogen (secondary N) is 1. The summed E-state index contributed by atoms with van der Waals surface area (Å²) in [4.78, 5) is 11.5. The minimum Gasteiger partial charge on any atom is -0.398 e. The zero-order valence-corrected chi connectivity index (χ0v) is 12.4. The maximum Gasteiger partial charge on any atom is 0.239 e. The quantitative estimate of drug-likeness (QED) is 0.651. The van der Waals surface area contributed by atoms with Gasteiger partial charge in [-0.2, -0.15) is 0 Å². The molecule has 0 aliphatic rings. The van der Waals surface area contributed by atoms with Gasteiger partial charge in [-0.05, 0) is 31.0 Å². The van der Waals surface area contributed by atoms with E-state index in [4.69, 9.17) is 5.73 Å². The number of benzene rings is 1. The molecule has 1 aromatic carbocycles. The molecule has 16 heavy (non-hydrogen) atoms. The maximum atomic E-state index is 11.7. The number of nitrogens with two attached hydrogens (primary N) is 1. The molecule has 0 spiro atoms. The van der Waals surface area contributed by atoms with Crippen LogP contribution in [0.4, 0.5) is 11.4 Å². The van der Waals surface area contributed by atoms with Crippen LogP contribution in [0, 0.1) is 13.8 Å². The van der Waals surface area contributed by atoms with E-state index in [9.17, 15) is 4.79 Å². The molecule has 1 rings (SSSR count). The van der Waals surface area contributed by atoms with Crippen molar-refractivity contribution in [3.8, 4) is 0 Å². The fourth-order valence-electron chi connectivity index (χ4n) is 1.33. The number of nitrogen functional groups attached to an aromatic ring is 1. The number of anilines is 2. The van der Waals surface area contributed by atoms with E-state index in [0.717, 1.165) is 16.8 Å². The lowest BCUT2D eigenvalue weighted by Gasteiger charge is -2.14. The van der Waals surface area contributed by atoms with Crippen LogP contribution >= 0.6 is 31.9 Å². The van der Waals surface area contributed by atoms with Crippen molar-refractivity contribution < 1.29 is 4.79 Å². The molecule has 0 fully saturated rings. The van der Waals surface area contributed by atoms with E-state index < -0.39 is 0 Å². The van der Waals surface area contributed by atoms with Gasteiger partial charge in [-0.3, -0.25) is 4.79 Å². The molecule has 1 atom stereocenters. The van der Waals surface area contributed by atoms with Crippen molar-refractivity contribution in [1.82, 2.24) is 0 Å². The topological polar surface area (TPSA) is 55.1 Å². The van der Waals surface area contributed by atoms with Crippen molar-refractivity contribution in [2.75, 3.05) is 16.4 Å². The van der Waals surface area contributed by atoms with Gasteiger partial charge in [0.2, 0.25) is 5.91 Å². The van der Waals surface area contributed by atoms with Gasteiger partial charge in [0, 0.05) is 16.7 Å². The van der Waals surface area contributed by atoms with Crippen LogP contribution in [0.25, 0.3) is 0 Å². The Morgan fingerprint density at radius 1 is 1.50 bits per heavy atom. The van der Waals surface area contributed by atoms with Crippen LogP contribution in [0.2, 0.25) is 0 Å². The van der Waals surface area contributed by atoms with Gasteiger partial charge in [0.25, 0.3) is 0 Å². The number of rotatable bonds is 3. The first kappa shape index (κ1) is 13.5. The van der Waals surface area contributed by atoms with E-state index in [0.29, 0.717) is 11.0 Å². The van der Waals surface area contributed by atoms with E-state index >= 15 is 0 Å². The largest absolute Gasteiger partial charge is 0.398 e. The van der Waals surface area contributed by atoms with Gasteiger partial charge in [0.05, 0.1) is 0 Å². The Morgan fingerprint density at radius 3 is 2.69 bits per heavy atom. The number of amides is 1. The summed E-state index contributed by atoms with van der Waals surface area (Å²) >= 11 is 6.52. The lowest BCUT2D eigenvalue weighted by atomic mass is 10.1. The molecule has 0 heterocycles. The molecule has 5 heteroatoms. The minimum atomic E-state index is -0.243. The Hall–Kier alpha value is -0.550. The molecule has 0 radical (unpaired) electrons. The van der Waals surface area contributed by atoms with Gasteiger partial charge in [-0.25, -0.2) is 0 Å². The first-order valence-corrected chi connectivity index (χ1v) is 6.87. The van der Waals surface area contributed by atoms with Crippen molar-refractivity contribution in [2.45, 2.75) is 18.7 Å². The molecule has 88 valence electrons. The van der Waals surface area contributed by atoms with Crippen molar-refractivity contribution in [1.29, 1.82) is 0 Å². The highest BCUT2D eigenvalue weighted by Crippen LogP contribution is 2.25. The molecule has 0 saturated carbocycles. The van der Waals surface area contributed by atoms with Crippen LogP contribution in [0.15, 0.2) is 12.1 Å². The molecule has 1 amide bonds. The van der Waals surface area contributed by atoms with Crippen LogP contribution in [-0.2, 0) is 4.79 Å². The fourth-order valence-corrected chi connectivity index (χ4v) is 1.74. The summed E-state index contributed by atoms with van der Waals surface area (Å²) in [6.45, 7) is 3.84. The summed E-state index contributed by atoms with van der Waals surface area (Å²) in [5.74, 6) is -0.0753. The third-order valence-corrected chi connectivity index (χ3v) is 4.64. The standard InChI is InChI=1S/C11H14Br2N2O/c1-6-3-4-9(14)7(2)10(6)15-11(16)8(13)5-12/h3-4,8H,5,14H2,1-2H3,(H,15,16). The Balaban J connectivity index is 2.97. The number of carbonyl (C=O) groups excluding carboxylic acids is 1. The normalized spacial score (nSPS) is 12.2. The second-order valence-electron chi connectivity index (χ2n) is 3.58. The van der Waals surface area contributed by atoms with Crippen LogP contribution in [0.5, 0.6) is 0 Å². The van der Waals surface area contributed by atoms with Gasteiger partial charge in [0.15, 0.2) is 0 Å². The summed E-state index contributed by atoms with van der Waals surface area (Å²) in [6, 6.07) is 3.74. The fraction of sp³-hybridized carbons (Fsp3) is 0.364. The zero-order valence-electron chi connectivity index (χ0n) is 9.18.